The van der Waals surface area contributed by atoms with E-state index in [4.69, 9.17) is 4.42 Å². The zero-order chi connectivity index (χ0) is 19.5. The number of nitro benzene ring substituents is 1. The highest BCUT2D eigenvalue weighted by molar-refractivity contribution is 5.86. The number of nitro groups is 1. The lowest BCUT2D eigenvalue weighted by Gasteiger charge is -2.05. The summed E-state index contributed by atoms with van der Waals surface area (Å²) in [7, 11) is 0. The van der Waals surface area contributed by atoms with Crippen LogP contribution in [-0.2, 0) is 13.0 Å². The molecule has 0 amide bonds. The Kier molecular flexibility index (Phi) is 4.72. The molecule has 8 heteroatoms. The van der Waals surface area contributed by atoms with Crippen LogP contribution >= 0.6 is 0 Å². The van der Waals surface area contributed by atoms with Gasteiger partial charge in [-0.05, 0) is 25.0 Å². The van der Waals surface area contributed by atoms with Gasteiger partial charge in [-0.15, -0.1) is 10.2 Å². The van der Waals surface area contributed by atoms with Crippen molar-refractivity contribution in [2.24, 2.45) is 0 Å². The number of hydrogen-bond acceptors (Lipinski definition) is 6. The second kappa shape index (κ2) is 7.48. The molecule has 1 aromatic carbocycles. The lowest BCUT2D eigenvalue weighted by atomic mass is 10.1. The minimum Gasteiger partial charge on any atom is -0.457 e. The molecule has 140 valence electrons. The summed E-state index contributed by atoms with van der Waals surface area (Å²) in [5, 5.41) is 29.0. The van der Waals surface area contributed by atoms with Gasteiger partial charge in [0.05, 0.1) is 4.92 Å². The van der Waals surface area contributed by atoms with E-state index in [2.05, 4.69) is 16.3 Å². The number of aromatic nitrogens is 3. The minimum atomic E-state index is -0.446. The predicted molar refractivity (Wildman–Crippen MR) is 102 cm³/mol. The van der Waals surface area contributed by atoms with E-state index in [1.54, 1.807) is 30.3 Å². The Morgan fingerprint density at radius 3 is 2.96 bits per heavy atom. The van der Waals surface area contributed by atoms with Gasteiger partial charge >= 0.3 is 0 Å². The molecule has 3 aromatic rings. The summed E-state index contributed by atoms with van der Waals surface area (Å²) in [6.07, 6.45) is 5.74. The van der Waals surface area contributed by atoms with Crippen molar-refractivity contribution in [3.63, 3.8) is 0 Å². The van der Waals surface area contributed by atoms with Crippen molar-refractivity contribution in [2.45, 2.75) is 32.2 Å². The number of furan rings is 1. The second-order valence-electron chi connectivity index (χ2n) is 6.58. The third kappa shape index (κ3) is 3.42. The summed E-state index contributed by atoms with van der Waals surface area (Å²) in [6.45, 7) is 0.799. The zero-order valence-corrected chi connectivity index (χ0v) is 15.0. The topological polar surface area (TPSA) is 111 Å². The maximum atomic E-state index is 11.0. The van der Waals surface area contributed by atoms with E-state index < -0.39 is 4.92 Å². The zero-order valence-electron chi connectivity index (χ0n) is 15.0. The molecule has 2 aromatic heterocycles. The smallest absolute Gasteiger partial charge is 0.270 e. The molecule has 0 N–H and O–H groups in total. The maximum Gasteiger partial charge on any atom is 0.270 e. The molecule has 0 unspecified atom stereocenters. The van der Waals surface area contributed by atoms with Gasteiger partial charge in [-0.25, -0.2) is 0 Å². The van der Waals surface area contributed by atoms with Crippen LogP contribution in [0.5, 0.6) is 0 Å². The fourth-order valence-corrected chi connectivity index (χ4v) is 3.33. The molecule has 3 heterocycles. The second-order valence-corrected chi connectivity index (χ2v) is 6.58. The number of non-ortho nitro benzene ring substituents is 1. The molecule has 4 rings (SSSR count). The van der Waals surface area contributed by atoms with Crippen molar-refractivity contribution in [3.05, 3.63) is 63.9 Å². The van der Waals surface area contributed by atoms with E-state index in [1.165, 1.54) is 12.1 Å². The van der Waals surface area contributed by atoms with Crippen LogP contribution in [0.1, 0.15) is 36.7 Å². The monoisotopic (exact) mass is 375 g/mol. The maximum absolute atomic E-state index is 11.0. The van der Waals surface area contributed by atoms with Crippen molar-refractivity contribution in [3.8, 4) is 17.4 Å². The molecule has 0 atom stereocenters. The van der Waals surface area contributed by atoms with Gasteiger partial charge in [0.2, 0.25) is 0 Å². The predicted octanol–water partition coefficient (Wildman–Crippen LogP) is 4.24. The van der Waals surface area contributed by atoms with Crippen molar-refractivity contribution in [1.29, 1.82) is 5.26 Å². The van der Waals surface area contributed by atoms with E-state index in [0.717, 1.165) is 38.1 Å². The molecule has 0 radical (unpaired) electrons. The molecular weight excluding hydrogens is 358 g/mol. The molecule has 0 fully saturated rings. The number of nitriles is 1. The Balaban J connectivity index is 1.66. The third-order valence-electron chi connectivity index (χ3n) is 4.73. The number of allylic oxidation sites excluding steroid dienone is 1. The minimum absolute atomic E-state index is 0.00476. The number of aryl methyl sites for hydroxylation is 1. The van der Waals surface area contributed by atoms with Crippen LogP contribution in [0.3, 0.4) is 0 Å². The Morgan fingerprint density at radius 2 is 2.14 bits per heavy atom. The van der Waals surface area contributed by atoms with E-state index in [1.807, 2.05) is 4.57 Å². The molecule has 8 nitrogen and oxygen atoms in total. The van der Waals surface area contributed by atoms with E-state index in [9.17, 15) is 15.4 Å². The summed E-state index contributed by atoms with van der Waals surface area (Å²) < 4.78 is 7.80. The van der Waals surface area contributed by atoms with Crippen LogP contribution in [0.15, 0.2) is 40.8 Å². The Bertz CT molecular complexity index is 1100. The number of benzene rings is 1. The van der Waals surface area contributed by atoms with Crippen LogP contribution in [0.25, 0.3) is 23.0 Å². The molecule has 0 saturated carbocycles. The number of fused-ring (bicyclic) bond motifs is 1. The largest absolute Gasteiger partial charge is 0.457 e. The first kappa shape index (κ1) is 17.7. The van der Waals surface area contributed by atoms with Gasteiger partial charge < -0.3 is 8.98 Å². The summed E-state index contributed by atoms with van der Waals surface area (Å²) in [5.41, 5.74) is 0.971. The standard InChI is InChI=1S/C20H17N5O3/c21-13-15(20-23-22-19-7-2-1-3-10-24(19)20)12-17-8-9-18(28-17)14-5-4-6-16(11-14)25(26)27/h4-6,8-9,11-12H,1-3,7,10H2/b15-12+. The summed E-state index contributed by atoms with van der Waals surface area (Å²) in [5.74, 6) is 2.43. The first-order chi connectivity index (χ1) is 13.7. The van der Waals surface area contributed by atoms with E-state index >= 15 is 0 Å². The molecule has 0 bridgehead atoms. The highest BCUT2D eigenvalue weighted by atomic mass is 16.6. The van der Waals surface area contributed by atoms with Gasteiger partial charge in [-0.1, -0.05) is 18.6 Å². The molecule has 0 saturated heterocycles. The molecular formula is C20H17N5O3. The lowest BCUT2D eigenvalue weighted by molar-refractivity contribution is -0.384. The van der Waals surface area contributed by atoms with Crippen molar-refractivity contribution >= 4 is 17.3 Å². The highest BCUT2D eigenvalue weighted by Crippen LogP contribution is 2.28. The van der Waals surface area contributed by atoms with Crippen molar-refractivity contribution in [1.82, 2.24) is 14.8 Å². The van der Waals surface area contributed by atoms with Gasteiger partial charge in [-0.2, -0.15) is 5.26 Å². The van der Waals surface area contributed by atoms with Gasteiger partial charge in [0.1, 0.15) is 29.0 Å². The van der Waals surface area contributed by atoms with Crippen molar-refractivity contribution < 1.29 is 9.34 Å². The summed E-state index contributed by atoms with van der Waals surface area (Å²) in [4.78, 5) is 10.5. The summed E-state index contributed by atoms with van der Waals surface area (Å²) >= 11 is 0. The SMILES string of the molecule is N#C/C(=C\c1ccc(-c2cccc([N+](=O)[O-])c2)o1)c1nnc2n1CCCCC2. The Hall–Kier alpha value is -3.73. The number of nitrogens with zero attached hydrogens (tertiary/aromatic N) is 5. The Labute approximate surface area is 160 Å². The fourth-order valence-electron chi connectivity index (χ4n) is 3.33. The van der Waals surface area contributed by atoms with E-state index in [-0.39, 0.29) is 5.69 Å². The van der Waals surface area contributed by atoms with Gasteiger partial charge in [0, 0.05) is 36.7 Å². The van der Waals surface area contributed by atoms with Crippen LogP contribution < -0.4 is 0 Å². The van der Waals surface area contributed by atoms with Gasteiger partial charge in [0.15, 0.2) is 5.82 Å². The average Bonchev–Trinajstić information content (AvgIpc) is 3.27. The van der Waals surface area contributed by atoms with Crippen molar-refractivity contribution in [2.75, 3.05) is 0 Å². The number of rotatable bonds is 4. The van der Waals surface area contributed by atoms with Gasteiger partial charge in [-0.3, -0.25) is 10.1 Å². The third-order valence-corrected chi connectivity index (χ3v) is 4.73. The van der Waals surface area contributed by atoms with Crippen LogP contribution in [0.2, 0.25) is 0 Å². The molecule has 28 heavy (non-hydrogen) atoms. The first-order valence-corrected chi connectivity index (χ1v) is 9.04. The number of hydrogen-bond donors (Lipinski definition) is 0. The van der Waals surface area contributed by atoms with Crippen LogP contribution in [-0.4, -0.2) is 19.7 Å². The average molecular weight is 375 g/mol. The molecule has 0 aliphatic carbocycles. The first-order valence-electron chi connectivity index (χ1n) is 9.04. The van der Waals surface area contributed by atoms with E-state index in [0.29, 0.717) is 28.5 Å². The normalized spacial score (nSPS) is 14.2. The summed E-state index contributed by atoms with van der Waals surface area (Å²) in [6, 6.07) is 11.9. The fraction of sp³-hybridized carbons (Fsp3) is 0.250. The molecule has 1 aliphatic rings. The van der Waals surface area contributed by atoms with Crippen LogP contribution in [0.4, 0.5) is 5.69 Å². The van der Waals surface area contributed by atoms with Gasteiger partial charge in [0.25, 0.3) is 5.69 Å². The highest BCUT2D eigenvalue weighted by Gasteiger charge is 2.18. The lowest BCUT2D eigenvalue weighted by Crippen LogP contribution is -2.05. The molecule has 0 spiro atoms. The van der Waals surface area contributed by atoms with Crippen LogP contribution in [0, 0.1) is 21.4 Å². The quantitative estimate of drug-likeness (QED) is 0.383. The molecule has 1 aliphatic heterocycles. The Morgan fingerprint density at radius 1 is 1.25 bits per heavy atom.